The van der Waals surface area contributed by atoms with Crippen LogP contribution in [0.3, 0.4) is 0 Å². The summed E-state index contributed by atoms with van der Waals surface area (Å²) in [5, 5.41) is 13.8. The molecule has 3 N–H and O–H groups in total. The van der Waals surface area contributed by atoms with E-state index in [0.29, 0.717) is 5.56 Å². The number of aliphatic carboxylic acids is 1. The summed E-state index contributed by atoms with van der Waals surface area (Å²) >= 11 is 1.03. The molecule has 190 valence electrons. The van der Waals surface area contributed by atoms with Crippen LogP contribution < -0.4 is 10.6 Å². The Kier molecular flexibility index (Phi) is 7.36. The second kappa shape index (κ2) is 9.77. The van der Waals surface area contributed by atoms with Crippen molar-refractivity contribution in [2.24, 2.45) is 0 Å². The summed E-state index contributed by atoms with van der Waals surface area (Å²) in [7, 11) is -4.02. The molecular weight excluding hydrogens is 502 g/mol. The number of hydrogen-bond donors (Lipinski definition) is 3. The molecule has 1 aromatic carbocycles. The van der Waals surface area contributed by atoms with Gasteiger partial charge in [-0.25, -0.2) is 9.59 Å². The van der Waals surface area contributed by atoms with Crippen LogP contribution in [0.15, 0.2) is 41.8 Å². The van der Waals surface area contributed by atoms with E-state index < -0.39 is 62.8 Å². The number of β-lactam (4-membered cyclic amide) rings is 1. The Morgan fingerprint density at radius 1 is 1.20 bits per heavy atom. The zero-order valence-corrected chi connectivity index (χ0v) is 20.9. The molecule has 2 aliphatic rings. The van der Waals surface area contributed by atoms with Crippen molar-refractivity contribution in [3.8, 4) is 0 Å². The van der Waals surface area contributed by atoms with Gasteiger partial charge in [0.25, 0.3) is 5.91 Å². The Morgan fingerprint density at radius 3 is 2.37 bits per heavy atom. The van der Waals surface area contributed by atoms with Crippen molar-refractivity contribution in [2.75, 3.05) is 12.0 Å². The van der Waals surface area contributed by atoms with Crippen molar-refractivity contribution >= 4 is 45.8 Å². The van der Waals surface area contributed by atoms with Crippen molar-refractivity contribution < 1.29 is 41.6 Å². The molecule has 2 heterocycles. The Balaban J connectivity index is 1.80. The standard InChI is InChI=1S/C21H25N3O9S2/c1-21(2,3)32-20(29)23-13(11-8-6-5-7-9-11)16(25)22-14-17(26)24-15(19(27)28)12(10-34-18(14)24)33-35(4,30)31/h5-9,13-14,18H,10H2,1-4H3,(H,22,25)(H,23,29)(H,27,28)/t13-,14?,18-/m1/s1. The normalized spacial score (nSPS) is 20.8. The number of benzene rings is 1. The largest absolute Gasteiger partial charge is 0.476 e. The van der Waals surface area contributed by atoms with Crippen LogP contribution in [0.1, 0.15) is 32.4 Å². The average molecular weight is 528 g/mol. The number of alkyl carbamates (subject to hydrolysis) is 1. The second-order valence-corrected chi connectivity index (χ2v) is 11.4. The number of amides is 3. The zero-order chi connectivity index (χ0) is 26.1. The summed E-state index contributed by atoms with van der Waals surface area (Å²) in [4.78, 5) is 50.9. The zero-order valence-electron chi connectivity index (χ0n) is 19.3. The van der Waals surface area contributed by atoms with E-state index in [9.17, 15) is 32.7 Å². The number of ether oxygens (including phenoxy) is 1. The fourth-order valence-corrected chi connectivity index (χ4v) is 5.28. The van der Waals surface area contributed by atoms with Crippen molar-refractivity contribution in [1.29, 1.82) is 0 Å². The molecular formula is C21H25N3O9S2. The Morgan fingerprint density at radius 2 is 1.83 bits per heavy atom. The van der Waals surface area contributed by atoms with Crippen LogP contribution in [0.4, 0.5) is 4.79 Å². The van der Waals surface area contributed by atoms with Crippen LogP contribution >= 0.6 is 11.8 Å². The number of fused-ring (bicyclic) bond motifs is 1. The monoisotopic (exact) mass is 527 g/mol. The van der Waals surface area contributed by atoms with Crippen molar-refractivity contribution in [3.05, 3.63) is 47.4 Å². The number of carboxylic acid groups (broad SMARTS) is 1. The van der Waals surface area contributed by atoms with E-state index in [4.69, 9.17) is 8.92 Å². The van der Waals surface area contributed by atoms with Crippen LogP contribution in [-0.2, 0) is 33.4 Å². The lowest BCUT2D eigenvalue weighted by Crippen LogP contribution is -2.71. The van der Waals surface area contributed by atoms with Crippen LogP contribution in [0.5, 0.6) is 0 Å². The fraction of sp³-hybridized carbons (Fsp3) is 0.429. The van der Waals surface area contributed by atoms with Crippen molar-refractivity contribution in [1.82, 2.24) is 15.5 Å². The molecule has 0 bridgehead atoms. The van der Waals surface area contributed by atoms with Crippen molar-refractivity contribution in [2.45, 2.75) is 43.8 Å². The summed E-state index contributed by atoms with van der Waals surface area (Å²) in [6.45, 7) is 5.00. The molecule has 14 heteroatoms. The van der Waals surface area contributed by atoms with Gasteiger partial charge in [-0.1, -0.05) is 30.3 Å². The predicted molar refractivity (Wildman–Crippen MR) is 124 cm³/mol. The molecule has 0 saturated carbocycles. The van der Waals surface area contributed by atoms with Gasteiger partial charge in [0.2, 0.25) is 5.91 Å². The summed E-state index contributed by atoms with van der Waals surface area (Å²) in [5.41, 5.74) is -0.970. The van der Waals surface area contributed by atoms with Gasteiger partial charge in [-0.15, -0.1) is 11.8 Å². The van der Waals surface area contributed by atoms with Crippen LogP contribution in [0.2, 0.25) is 0 Å². The average Bonchev–Trinajstić information content (AvgIpc) is 2.73. The van der Waals surface area contributed by atoms with E-state index in [0.717, 1.165) is 22.9 Å². The highest BCUT2D eigenvalue weighted by molar-refractivity contribution is 8.00. The lowest BCUT2D eigenvalue weighted by Gasteiger charge is -2.49. The number of thioether (sulfide) groups is 1. The maximum atomic E-state index is 13.1. The molecule has 3 atom stereocenters. The van der Waals surface area contributed by atoms with Gasteiger partial charge in [-0.2, -0.15) is 8.42 Å². The minimum absolute atomic E-state index is 0.145. The number of nitrogens with zero attached hydrogens (tertiary/aromatic N) is 1. The SMILES string of the molecule is CC(C)(C)OC(=O)N[C@@H](C(=O)NC1C(=O)N2C(C(=O)O)=C(OS(C)(=O)=O)CS[C@H]12)c1ccccc1. The third kappa shape index (κ3) is 6.25. The first-order chi connectivity index (χ1) is 16.2. The number of carboxylic acids is 1. The van der Waals surface area contributed by atoms with Crippen LogP contribution in [0.25, 0.3) is 0 Å². The molecule has 0 spiro atoms. The van der Waals surface area contributed by atoms with Crippen LogP contribution in [0, 0.1) is 0 Å². The molecule has 2 aliphatic heterocycles. The molecule has 0 aliphatic carbocycles. The Bertz CT molecular complexity index is 1180. The molecule has 1 saturated heterocycles. The smallest absolute Gasteiger partial charge is 0.408 e. The first kappa shape index (κ1) is 26.3. The van der Waals surface area contributed by atoms with E-state index in [2.05, 4.69) is 10.6 Å². The predicted octanol–water partition coefficient (Wildman–Crippen LogP) is 0.925. The molecule has 3 amide bonds. The maximum Gasteiger partial charge on any atom is 0.408 e. The number of hydrogen-bond acceptors (Lipinski definition) is 9. The molecule has 1 aromatic rings. The molecule has 35 heavy (non-hydrogen) atoms. The van der Waals surface area contributed by atoms with Gasteiger partial charge in [0, 0.05) is 0 Å². The third-order valence-corrected chi connectivity index (χ3v) is 6.50. The highest BCUT2D eigenvalue weighted by Crippen LogP contribution is 2.41. The van der Waals surface area contributed by atoms with E-state index in [1.807, 2.05) is 0 Å². The minimum atomic E-state index is -4.02. The molecule has 0 radical (unpaired) electrons. The van der Waals surface area contributed by atoms with Crippen LogP contribution in [-0.4, -0.2) is 71.3 Å². The van der Waals surface area contributed by atoms with Crippen molar-refractivity contribution in [3.63, 3.8) is 0 Å². The molecule has 0 aromatic heterocycles. The first-order valence-corrected chi connectivity index (χ1v) is 13.2. The lowest BCUT2D eigenvalue weighted by molar-refractivity contribution is -0.151. The van der Waals surface area contributed by atoms with Gasteiger partial charge in [0.1, 0.15) is 23.1 Å². The Labute approximate surface area is 206 Å². The van der Waals surface area contributed by atoms with Gasteiger partial charge in [0.05, 0.1) is 12.0 Å². The van der Waals surface area contributed by atoms with E-state index >= 15 is 0 Å². The number of rotatable bonds is 7. The van der Waals surface area contributed by atoms with Gasteiger partial charge >= 0.3 is 22.2 Å². The molecule has 1 fully saturated rings. The summed E-state index contributed by atoms with van der Waals surface area (Å²) in [5.74, 6) is -3.53. The highest BCUT2D eigenvalue weighted by Gasteiger charge is 2.55. The first-order valence-electron chi connectivity index (χ1n) is 10.3. The van der Waals surface area contributed by atoms with E-state index in [1.165, 1.54) is 0 Å². The maximum absolute atomic E-state index is 13.1. The third-order valence-electron chi connectivity index (χ3n) is 4.74. The van der Waals surface area contributed by atoms with Gasteiger partial charge in [-0.05, 0) is 26.3 Å². The summed E-state index contributed by atoms with van der Waals surface area (Å²) in [6, 6.07) is 6.01. The number of carbonyl (C=O) groups is 4. The summed E-state index contributed by atoms with van der Waals surface area (Å²) in [6.07, 6.45) is -0.0766. The topological polar surface area (TPSA) is 168 Å². The van der Waals surface area contributed by atoms with E-state index in [-0.39, 0.29) is 11.5 Å². The molecule has 12 nitrogen and oxygen atoms in total. The van der Waals surface area contributed by atoms with Gasteiger partial charge in [-0.3, -0.25) is 14.5 Å². The lowest BCUT2D eigenvalue weighted by atomic mass is 10.0. The fourth-order valence-electron chi connectivity index (χ4n) is 3.45. The molecule has 1 unspecified atom stereocenters. The summed E-state index contributed by atoms with van der Waals surface area (Å²) < 4.78 is 33.0. The Hall–Kier alpha value is -3.26. The number of carbonyl (C=O) groups excluding carboxylic acids is 3. The number of nitrogens with one attached hydrogen (secondary N) is 2. The van der Waals surface area contributed by atoms with E-state index in [1.54, 1.807) is 51.1 Å². The van der Waals surface area contributed by atoms with Gasteiger partial charge in [0.15, 0.2) is 11.5 Å². The minimum Gasteiger partial charge on any atom is -0.476 e. The quantitative estimate of drug-likeness (QED) is 0.342. The molecule has 3 rings (SSSR count). The highest BCUT2D eigenvalue weighted by atomic mass is 32.2. The second-order valence-electron chi connectivity index (χ2n) is 8.75. The van der Waals surface area contributed by atoms with Gasteiger partial charge < -0.3 is 24.7 Å².